The lowest BCUT2D eigenvalue weighted by atomic mass is 9.49. The number of aryl methyl sites for hydroxylation is 1. The quantitative estimate of drug-likeness (QED) is 0.505. The molecule has 4 bridgehead atoms. The molecule has 0 aliphatic heterocycles. The Morgan fingerprint density at radius 1 is 1.03 bits per heavy atom. The van der Waals surface area contributed by atoms with Crippen molar-refractivity contribution in [2.24, 2.45) is 23.2 Å². The van der Waals surface area contributed by atoms with Gasteiger partial charge in [0.15, 0.2) is 6.61 Å². The summed E-state index contributed by atoms with van der Waals surface area (Å²) in [4.78, 5) is 25.9. The molecule has 4 fully saturated rings. The second-order valence-electron chi connectivity index (χ2n) is 9.79. The lowest BCUT2D eigenvalue weighted by Gasteiger charge is -2.55. The van der Waals surface area contributed by atoms with Crippen molar-refractivity contribution in [1.82, 2.24) is 4.57 Å². The smallest absolute Gasteiger partial charge is 0.312 e. The molecule has 4 saturated carbocycles. The Morgan fingerprint density at radius 2 is 1.60 bits per heavy atom. The number of ketones is 1. The van der Waals surface area contributed by atoms with Crippen molar-refractivity contribution in [3.05, 3.63) is 53.1 Å². The minimum absolute atomic E-state index is 0.165. The van der Waals surface area contributed by atoms with Gasteiger partial charge in [-0.2, -0.15) is 0 Å². The van der Waals surface area contributed by atoms with E-state index in [-0.39, 0.29) is 29.6 Å². The maximum absolute atomic E-state index is 13.3. The molecule has 4 aliphatic carbocycles. The van der Waals surface area contributed by atoms with Gasteiger partial charge in [-0.1, -0.05) is 0 Å². The summed E-state index contributed by atoms with van der Waals surface area (Å²) in [5.41, 5.74) is 2.66. The fourth-order valence-electron chi connectivity index (χ4n) is 6.76. The van der Waals surface area contributed by atoms with Gasteiger partial charge in [-0.3, -0.25) is 9.59 Å². The van der Waals surface area contributed by atoms with Crippen molar-refractivity contribution in [1.29, 1.82) is 0 Å². The minimum atomic E-state index is -0.347. The third-order valence-electron chi connectivity index (χ3n) is 7.62. The van der Waals surface area contributed by atoms with Crippen molar-refractivity contribution in [2.45, 2.75) is 52.4 Å². The number of hydrogen-bond acceptors (Lipinski definition) is 3. The van der Waals surface area contributed by atoms with Crippen LogP contribution >= 0.6 is 0 Å². The first-order valence-electron chi connectivity index (χ1n) is 11.0. The van der Waals surface area contributed by atoms with E-state index in [2.05, 4.69) is 0 Å². The van der Waals surface area contributed by atoms with E-state index in [0.717, 1.165) is 36.3 Å². The zero-order chi connectivity index (χ0) is 21.0. The van der Waals surface area contributed by atoms with Crippen LogP contribution in [0.15, 0.2) is 30.3 Å². The van der Waals surface area contributed by atoms with Gasteiger partial charge in [0.25, 0.3) is 0 Å². The molecule has 4 nitrogen and oxygen atoms in total. The van der Waals surface area contributed by atoms with Gasteiger partial charge in [-0.15, -0.1) is 0 Å². The van der Waals surface area contributed by atoms with Crippen LogP contribution in [0.4, 0.5) is 4.39 Å². The van der Waals surface area contributed by atoms with E-state index in [1.807, 2.05) is 24.5 Å². The van der Waals surface area contributed by atoms with Gasteiger partial charge < -0.3 is 9.30 Å². The highest BCUT2D eigenvalue weighted by molar-refractivity contribution is 5.99. The number of nitrogens with zero attached hydrogens (tertiary/aromatic N) is 1. The maximum Gasteiger partial charge on any atom is 0.312 e. The topological polar surface area (TPSA) is 48.3 Å². The molecule has 6 rings (SSSR count). The molecular formula is C25H28FNO3. The van der Waals surface area contributed by atoms with Gasteiger partial charge in [0.1, 0.15) is 5.82 Å². The highest BCUT2D eigenvalue weighted by Crippen LogP contribution is 2.60. The zero-order valence-corrected chi connectivity index (χ0v) is 17.6. The molecule has 1 aromatic heterocycles. The zero-order valence-electron chi connectivity index (χ0n) is 17.6. The molecule has 1 aromatic carbocycles. The van der Waals surface area contributed by atoms with E-state index in [1.165, 1.54) is 31.4 Å². The van der Waals surface area contributed by atoms with Gasteiger partial charge in [-0.05, 0) is 100 Å². The summed E-state index contributed by atoms with van der Waals surface area (Å²) < 4.78 is 20.8. The number of Topliss-reactive ketones (excluding diaryl/α,β-unsaturated/α-hetero) is 1. The van der Waals surface area contributed by atoms with Crippen LogP contribution in [0.3, 0.4) is 0 Å². The summed E-state index contributed by atoms with van der Waals surface area (Å²) in [6.45, 7) is 3.56. The number of benzene rings is 1. The molecule has 0 N–H and O–H groups in total. The number of carbonyl (C=O) groups is 2. The van der Waals surface area contributed by atoms with E-state index < -0.39 is 0 Å². The molecular weight excluding hydrogens is 381 g/mol. The lowest BCUT2D eigenvalue weighted by Crippen LogP contribution is -2.50. The first-order chi connectivity index (χ1) is 14.3. The van der Waals surface area contributed by atoms with Crippen LogP contribution in [0.5, 0.6) is 0 Å². The predicted molar refractivity (Wildman–Crippen MR) is 111 cm³/mol. The summed E-state index contributed by atoms with van der Waals surface area (Å²) in [5.74, 6) is 1.34. The standard InChI is InChI=1S/C25H28FNO3/c1-15-7-22(16(2)27(15)21-5-3-20(26)4-6-21)23(28)14-30-24(29)25-11-17-8-18(12-25)10-19(9-17)13-25/h3-7,17-19H,8-14H2,1-2H3. The Hall–Kier alpha value is -2.43. The molecule has 0 radical (unpaired) electrons. The first kappa shape index (κ1) is 19.5. The van der Waals surface area contributed by atoms with Crippen LogP contribution in [-0.4, -0.2) is 22.9 Å². The largest absolute Gasteiger partial charge is 0.457 e. The Bertz CT molecular complexity index is 969. The Morgan fingerprint density at radius 3 is 2.17 bits per heavy atom. The Labute approximate surface area is 176 Å². The average Bonchev–Trinajstić information content (AvgIpc) is 3.00. The maximum atomic E-state index is 13.3. The number of hydrogen-bond donors (Lipinski definition) is 0. The van der Waals surface area contributed by atoms with E-state index in [9.17, 15) is 14.0 Å². The van der Waals surface area contributed by atoms with Gasteiger partial charge in [0.05, 0.1) is 5.41 Å². The van der Waals surface area contributed by atoms with Crippen LogP contribution in [0.2, 0.25) is 0 Å². The SMILES string of the molecule is Cc1cc(C(=O)COC(=O)C23CC4CC(CC(C4)C2)C3)c(C)n1-c1ccc(F)cc1. The monoisotopic (exact) mass is 409 g/mol. The molecule has 0 saturated heterocycles. The third-order valence-corrected chi connectivity index (χ3v) is 7.62. The third kappa shape index (κ3) is 3.19. The number of halogens is 1. The van der Waals surface area contributed by atoms with Gasteiger partial charge >= 0.3 is 5.97 Å². The van der Waals surface area contributed by atoms with Crippen molar-refractivity contribution in [3.8, 4) is 5.69 Å². The van der Waals surface area contributed by atoms with Crippen LogP contribution < -0.4 is 0 Å². The van der Waals surface area contributed by atoms with Crippen molar-refractivity contribution < 1.29 is 18.7 Å². The molecule has 5 heteroatoms. The Kier molecular flexibility index (Phi) is 4.60. The van der Waals surface area contributed by atoms with E-state index in [1.54, 1.807) is 12.1 Å². The molecule has 30 heavy (non-hydrogen) atoms. The summed E-state index contributed by atoms with van der Waals surface area (Å²) in [6.07, 6.45) is 6.60. The number of aromatic nitrogens is 1. The molecule has 0 amide bonds. The van der Waals surface area contributed by atoms with Crippen LogP contribution in [0.25, 0.3) is 5.69 Å². The summed E-state index contributed by atoms with van der Waals surface area (Å²) in [7, 11) is 0. The average molecular weight is 410 g/mol. The van der Waals surface area contributed by atoms with Gasteiger partial charge in [0, 0.05) is 22.6 Å². The molecule has 0 atom stereocenters. The van der Waals surface area contributed by atoms with E-state index in [0.29, 0.717) is 23.3 Å². The second kappa shape index (κ2) is 7.07. The number of esters is 1. The number of rotatable bonds is 5. The lowest BCUT2D eigenvalue weighted by molar-refractivity contribution is -0.170. The van der Waals surface area contributed by atoms with Crippen LogP contribution in [0, 0.1) is 42.8 Å². The summed E-state index contributed by atoms with van der Waals surface area (Å²) >= 11 is 0. The minimum Gasteiger partial charge on any atom is -0.457 e. The summed E-state index contributed by atoms with van der Waals surface area (Å²) in [6, 6.07) is 8.01. The molecule has 4 aliphatic rings. The number of carbonyl (C=O) groups excluding carboxylic acids is 2. The molecule has 158 valence electrons. The fourth-order valence-corrected chi connectivity index (χ4v) is 6.76. The molecule has 0 unspecified atom stereocenters. The normalized spacial score (nSPS) is 29.2. The van der Waals surface area contributed by atoms with Crippen LogP contribution in [-0.2, 0) is 9.53 Å². The fraction of sp³-hybridized carbons (Fsp3) is 0.520. The highest BCUT2D eigenvalue weighted by Gasteiger charge is 2.55. The Balaban J connectivity index is 1.30. The van der Waals surface area contributed by atoms with Crippen molar-refractivity contribution >= 4 is 11.8 Å². The first-order valence-corrected chi connectivity index (χ1v) is 11.0. The molecule has 0 spiro atoms. The number of ether oxygens (including phenoxy) is 1. The highest BCUT2D eigenvalue weighted by atomic mass is 19.1. The van der Waals surface area contributed by atoms with Crippen molar-refractivity contribution in [3.63, 3.8) is 0 Å². The predicted octanol–water partition coefficient (Wildman–Crippen LogP) is 5.18. The molecule has 2 aromatic rings. The van der Waals surface area contributed by atoms with Crippen LogP contribution in [0.1, 0.15) is 60.3 Å². The van der Waals surface area contributed by atoms with E-state index >= 15 is 0 Å². The van der Waals surface area contributed by atoms with Gasteiger partial charge in [-0.25, -0.2) is 4.39 Å². The molecule has 1 heterocycles. The summed E-state index contributed by atoms with van der Waals surface area (Å²) in [5, 5.41) is 0. The second-order valence-corrected chi connectivity index (χ2v) is 9.79. The van der Waals surface area contributed by atoms with Gasteiger partial charge in [0.2, 0.25) is 5.78 Å². The van der Waals surface area contributed by atoms with E-state index in [4.69, 9.17) is 4.74 Å². The van der Waals surface area contributed by atoms with Crippen molar-refractivity contribution in [2.75, 3.05) is 6.61 Å².